The molecule has 0 bridgehead atoms. The van der Waals surface area contributed by atoms with Crippen LogP contribution in [0.25, 0.3) is 10.9 Å². The number of carbonyl (C=O) groups excluding carboxylic acids is 1. The number of aryl methyl sites for hydroxylation is 1. The fourth-order valence-corrected chi connectivity index (χ4v) is 3.39. The zero-order valence-corrected chi connectivity index (χ0v) is 16.6. The summed E-state index contributed by atoms with van der Waals surface area (Å²) in [7, 11) is 0. The number of hydrogen-bond acceptors (Lipinski definition) is 5. The maximum absolute atomic E-state index is 13.3. The molecule has 1 N–H and O–H groups in total. The fourth-order valence-electron chi connectivity index (χ4n) is 3.39. The first kappa shape index (κ1) is 22.1. The predicted molar refractivity (Wildman–Crippen MR) is 105 cm³/mol. The number of morpholine rings is 1. The van der Waals surface area contributed by atoms with Crippen molar-refractivity contribution in [3.63, 3.8) is 0 Å². The van der Waals surface area contributed by atoms with Crippen LogP contribution in [0.5, 0.6) is 5.75 Å². The minimum atomic E-state index is -4.65. The summed E-state index contributed by atoms with van der Waals surface area (Å²) in [5.74, 6) is -0.118. The van der Waals surface area contributed by atoms with Gasteiger partial charge in [0.1, 0.15) is 5.75 Å². The molecule has 10 heteroatoms. The van der Waals surface area contributed by atoms with Gasteiger partial charge in [-0.2, -0.15) is 13.2 Å². The molecule has 164 valence electrons. The van der Waals surface area contributed by atoms with E-state index in [1.165, 1.54) is 22.8 Å². The molecule has 0 spiro atoms. The Kier molecular flexibility index (Phi) is 6.99. The van der Waals surface area contributed by atoms with Crippen LogP contribution in [-0.4, -0.2) is 61.4 Å². The molecule has 7 nitrogen and oxygen atoms in total. The standard InChI is InChI=1S/C20H24F3N3O4/c1-2-26-17-11-14(3-4-15(17)16(12-19(26)28)20(21,22)23)30-13-18(27)24-5-6-25-7-9-29-10-8-25/h3-4,11-12H,2,5-10,13H2,1H3,(H,24,27). The Bertz CT molecular complexity index is 953. The number of carbonyl (C=O) groups is 1. The lowest BCUT2D eigenvalue weighted by Gasteiger charge is -2.26. The predicted octanol–water partition coefficient (Wildman–Crippen LogP) is 1.87. The van der Waals surface area contributed by atoms with Gasteiger partial charge in [0.05, 0.1) is 24.3 Å². The second kappa shape index (κ2) is 9.48. The van der Waals surface area contributed by atoms with Crippen LogP contribution in [0.1, 0.15) is 12.5 Å². The van der Waals surface area contributed by atoms with E-state index in [9.17, 15) is 22.8 Å². The van der Waals surface area contributed by atoms with Crippen molar-refractivity contribution >= 4 is 16.8 Å². The molecule has 1 aliphatic rings. The van der Waals surface area contributed by atoms with E-state index >= 15 is 0 Å². The maximum Gasteiger partial charge on any atom is 0.417 e. The fraction of sp³-hybridized carbons (Fsp3) is 0.500. The molecule has 3 rings (SSSR count). The van der Waals surface area contributed by atoms with E-state index in [-0.39, 0.29) is 35.7 Å². The summed E-state index contributed by atoms with van der Waals surface area (Å²) < 4.78 is 51.8. The summed E-state index contributed by atoms with van der Waals surface area (Å²) in [5.41, 5.74) is -1.61. The number of ether oxygens (including phenoxy) is 2. The van der Waals surface area contributed by atoms with Gasteiger partial charge in [-0.25, -0.2) is 0 Å². The Balaban J connectivity index is 1.66. The second-order valence-corrected chi connectivity index (χ2v) is 6.91. The third kappa shape index (κ3) is 5.31. The van der Waals surface area contributed by atoms with Crippen molar-refractivity contribution in [2.75, 3.05) is 46.0 Å². The third-order valence-corrected chi connectivity index (χ3v) is 4.93. The number of benzene rings is 1. The zero-order chi connectivity index (χ0) is 21.7. The molecule has 0 radical (unpaired) electrons. The highest BCUT2D eigenvalue weighted by Gasteiger charge is 2.33. The van der Waals surface area contributed by atoms with Crippen LogP contribution >= 0.6 is 0 Å². The van der Waals surface area contributed by atoms with Gasteiger partial charge in [-0.3, -0.25) is 14.5 Å². The number of rotatable bonds is 7. The van der Waals surface area contributed by atoms with E-state index in [1.54, 1.807) is 6.92 Å². The quantitative estimate of drug-likeness (QED) is 0.731. The molecule has 2 heterocycles. The average molecular weight is 427 g/mol. The molecular weight excluding hydrogens is 403 g/mol. The highest BCUT2D eigenvalue weighted by Crippen LogP contribution is 2.34. The highest BCUT2D eigenvalue weighted by atomic mass is 19.4. The van der Waals surface area contributed by atoms with Gasteiger partial charge in [-0.1, -0.05) is 0 Å². The summed E-state index contributed by atoms with van der Waals surface area (Å²) in [6, 6.07) is 4.59. The lowest BCUT2D eigenvalue weighted by molar-refractivity contribution is -0.136. The van der Waals surface area contributed by atoms with Crippen molar-refractivity contribution in [2.24, 2.45) is 0 Å². The van der Waals surface area contributed by atoms with Crippen LogP contribution in [0.2, 0.25) is 0 Å². The molecule has 0 saturated carbocycles. The molecule has 1 aromatic heterocycles. The number of halogens is 3. The van der Waals surface area contributed by atoms with Crippen molar-refractivity contribution in [3.8, 4) is 5.75 Å². The van der Waals surface area contributed by atoms with E-state index in [0.29, 0.717) is 32.4 Å². The Labute approximate surface area is 171 Å². The van der Waals surface area contributed by atoms with Crippen LogP contribution in [0.15, 0.2) is 29.1 Å². The molecule has 1 aromatic carbocycles. The lowest BCUT2D eigenvalue weighted by atomic mass is 10.1. The minimum Gasteiger partial charge on any atom is -0.484 e. The zero-order valence-electron chi connectivity index (χ0n) is 16.6. The molecule has 1 saturated heterocycles. The summed E-state index contributed by atoms with van der Waals surface area (Å²) in [6.07, 6.45) is -4.65. The van der Waals surface area contributed by atoms with E-state index in [4.69, 9.17) is 9.47 Å². The summed E-state index contributed by atoms with van der Waals surface area (Å²) in [4.78, 5) is 26.3. The Hall–Kier alpha value is -2.59. The van der Waals surface area contributed by atoms with Crippen LogP contribution in [-0.2, 0) is 22.3 Å². The topological polar surface area (TPSA) is 72.8 Å². The normalized spacial score (nSPS) is 15.3. The number of hydrogen-bond donors (Lipinski definition) is 1. The van der Waals surface area contributed by atoms with E-state index < -0.39 is 17.3 Å². The lowest BCUT2D eigenvalue weighted by Crippen LogP contribution is -2.42. The molecule has 0 aliphatic carbocycles. The average Bonchev–Trinajstić information content (AvgIpc) is 2.71. The van der Waals surface area contributed by atoms with Gasteiger partial charge in [0.15, 0.2) is 6.61 Å². The first-order chi connectivity index (χ1) is 14.3. The van der Waals surface area contributed by atoms with Crippen molar-refractivity contribution < 1.29 is 27.4 Å². The first-order valence-electron chi connectivity index (χ1n) is 9.74. The van der Waals surface area contributed by atoms with Crippen molar-refractivity contribution in [1.29, 1.82) is 0 Å². The highest BCUT2D eigenvalue weighted by molar-refractivity contribution is 5.84. The van der Waals surface area contributed by atoms with Gasteiger partial charge in [-0.15, -0.1) is 0 Å². The van der Waals surface area contributed by atoms with Gasteiger partial charge in [0, 0.05) is 50.2 Å². The molecule has 1 amide bonds. The summed E-state index contributed by atoms with van der Waals surface area (Å²) >= 11 is 0. The number of aromatic nitrogens is 1. The SMILES string of the molecule is CCn1c(=O)cc(C(F)(F)F)c2ccc(OCC(=O)NCCN3CCOCC3)cc21. The molecule has 2 aromatic rings. The molecule has 30 heavy (non-hydrogen) atoms. The third-order valence-electron chi connectivity index (χ3n) is 4.93. The van der Waals surface area contributed by atoms with Crippen LogP contribution in [0, 0.1) is 0 Å². The molecule has 0 atom stereocenters. The number of alkyl halides is 3. The van der Waals surface area contributed by atoms with Crippen molar-refractivity contribution in [2.45, 2.75) is 19.6 Å². The van der Waals surface area contributed by atoms with Gasteiger partial charge in [0.25, 0.3) is 11.5 Å². The number of fused-ring (bicyclic) bond motifs is 1. The van der Waals surface area contributed by atoms with Gasteiger partial charge >= 0.3 is 6.18 Å². The van der Waals surface area contributed by atoms with Gasteiger partial charge in [-0.05, 0) is 19.1 Å². The monoisotopic (exact) mass is 427 g/mol. The molecule has 1 aliphatic heterocycles. The first-order valence-corrected chi connectivity index (χ1v) is 9.74. The largest absolute Gasteiger partial charge is 0.484 e. The Morgan fingerprint density at radius 3 is 2.63 bits per heavy atom. The van der Waals surface area contributed by atoms with Gasteiger partial charge in [0.2, 0.25) is 0 Å². The van der Waals surface area contributed by atoms with Crippen LogP contribution in [0.3, 0.4) is 0 Å². The Morgan fingerprint density at radius 2 is 1.97 bits per heavy atom. The minimum absolute atomic E-state index is 0.0914. The number of nitrogens with one attached hydrogen (secondary N) is 1. The summed E-state index contributed by atoms with van der Waals surface area (Å²) in [5, 5.41) is 2.66. The number of pyridine rings is 1. The van der Waals surface area contributed by atoms with Crippen LogP contribution < -0.4 is 15.6 Å². The summed E-state index contributed by atoms with van der Waals surface area (Å²) in [6.45, 7) is 5.77. The van der Waals surface area contributed by atoms with Crippen LogP contribution in [0.4, 0.5) is 13.2 Å². The van der Waals surface area contributed by atoms with Gasteiger partial charge < -0.3 is 19.4 Å². The second-order valence-electron chi connectivity index (χ2n) is 6.91. The smallest absolute Gasteiger partial charge is 0.417 e. The Morgan fingerprint density at radius 1 is 1.23 bits per heavy atom. The molecule has 1 fully saturated rings. The van der Waals surface area contributed by atoms with E-state index in [0.717, 1.165) is 13.1 Å². The van der Waals surface area contributed by atoms with Crippen molar-refractivity contribution in [3.05, 3.63) is 40.2 Å². The number of amides is 1. The maximum atomic E-state index is 13.3. The van der Waals surface area contributed by atoms with E-state index in [2.05, 4.69) is 10.2 Å². The van der Waals surface area contributed by atoms with E-state index in [1.807, 2.05) is 0 Å². The number of nitrogens with zero attached hydrogens (tertiary/aromatic N) is 2. The van der Waals surface area contributed by atoms with Crippen molar-refractivity contribution in [1.82, 2.24) is 14.8 Å². The molecular formula is C20H24F3N3O4. The molecule has 0 unspecified atom stereocenters.